The summed E-state index contributed by atoms with van der Waals surface area (Å²) in [6, 6.07) is 7.56. The average molecular weight is 210 g/mol. The highest BCUT2D eigenvalue weighted by Crippen LogP contribution is 2.15. The fourth-order valence-corrected chi connectivity index (χ4v) is 1.57. The molecule has 0 aliphatic carbocycles. The summed E-state index contributed by atoms with van der Waals surface area (Å²) < 4.78 is 0. The zero-order valence-electron chi connectivity index (χ0n) is 8.19. The first kappa shape index (κ1) is 11.3. The molecule has 1 aromatic rings. The number of ketones is 1. The van der Waals surface area contributed by atoms with Gasteiger partial charge in [-0.05, 0) is 24.8 Å². The van der Waals surface area contributed by atoms with Gasteiger partial charge in [0, 0.05) is 23.5 Å². The smallest absolute Gasteiger partial charge is 0.162 e. The first-order chi connectivity index (χ1) is 6.77. The summed E-state index contributed by atoms with van der Waals surface area (Å²) in [4.78, 5) is 12.6. The van der Waals surface area contributed by atoms with Crippen LogP contribution in [0.4, 0.5) is 0 Å². The zero-order chi connectivity index (χ0) is 10.4. The lowest BCUT2D eigenvalue weighted by molar-refractivity contribution is 0.0971. The largest absolute Gasteiger partial charge is 0.396 e. The maximum atomic E-state index is 11.5. The van der Waals surface area contributed by atoms with Gasteiger partial charge in [-0.15, -0.1) is 11.8 Å². The number of aliphatic hydroxyl groups is 1. The Kier molecular flexibility index (Phi) is 4.70. The highest BCUT2D eigenvalue weighted by atomic mass is 32.2. The van der Waals surface area contributed by atoms with E-state index >= 15 is 0 Å². The van der Waals surface area contributed by atoms with Crippen molar-refractivity contribution in [2.24, 2.45) is 0 Å². The Hall–Kier alpha value is -0.800. The minimum absolute atomic E-state index is 0.0780. The molecule has 0 aromatic heterocycles. The molecule has 0 atom stereocenters. The Balaban J connectivity index is 2.62. The van der Waals surface area contributed by atoms with Gasteiger partial charge in [0.05, 0.1) is 0 Å². The molecule has 0 aliphatic heterocycles. The van der Waals surface area contributed by atoms with Crippen LogP contribution in [0.15, 0.2) is 29.2 Å². The molecule has 0 bridgehead atoms. The summed E-state index contributed by atoms with van der Waals surface area (Å²) >= 11 is 1.66. The van der Waals surface area contributed by atoms with Gasteiger partial charge < -0.3 is 5.11 Å². The molecule has 14 heavy (non-hydrogen) atoms. The van der Waals surface area contributed by atoms with Gasteiger partial charge in [-0.3, -0.25) is 4.79 Å². The average Bonchev–Trinajstić information content (AvgIpc) is 2.26. The summed E-state index contributed by atoms with van der Waals surface area (Å²) in [6.07, 6.45) is 2.97. The first-order valence-electron chi connectivity index (χ1n) is 4.56. The van der Waals surface area contributed by atoms with Gasteiger partial charge in [-0.2, -0.15) is 0 Å². The number of hydrogen-bond acceptors (Lipinski definition) is 3. The van der Waals surface area contributed by atoms with Crippen LogP contribution in [0.25, 0.3) is 0 Å². The summed E-state index contributed by atoms with van der Waals surface area (Å²) in [5.74, 6) is 0.103. The Morgan fingerprint density at radius 2 is 2.00 bits per heavy atom. The molecule has 76 valence electrons. The third-order valence-electron chi connectivity index (χ3n) is 1.97. The maximum absolute atomic E-state index is 11.5. The fourth-order valence-electron chi connectivity index (χ4n) is 1.16. The van der Waals surface area contributed by atoms with E-state index < -0.39 is 0 Å². The molecule has 0 aliphatic rings. The number of thioether (sulfide) groups is 1. The van der Waals surface area contributed by atoms with Gasteiger partial charge in [-0.1, -0.05) is 12.1 Å². The van der Waals surface area contributed by atoms with Crippen molar-refractivity contribution in [3.8, 4) is 0 Å². The van der Waals surface area contributed by atoms with Crippen LogP contribution in [-0.2, 0) is 0 Å². The molecule has 1 aromatic carbocycles. The van der Waals surface area contributed by atoms with Crippen molar-refractivity contribution in [1.82, 2.24) is 0 Å². The van der Waals surface area contributed by atoms with Crippen molar-refractivity contribution in [3.05, 3.63) is 29.8 Å². The normalized spacial score (nSPS) is 10.1. The molecule has 3 heteroatoms. The lowest BCUT2D eigenvalue weighted by atomic mass is 10.1. The number of carbonyl (C=O) groups is 1. The topological polar surface area (TPSA) is 37.3 Å². The second kappa shape index (κ2) is 5.83. The van der Waals surface area contributed by atoms with E-state index in [0.29, 0.717) is 12.8 Å². The number of Topliss-reactive ketones (excluding diaryl/α,β-unsaturated/α-hetero) is 1. The zero-order valence-corrected chi connectivity index (χ0v) is 9.01. The van der Waals surface area contributed by atoms with E-state index in [4.69, 9.17) is 5.11 Å². The summed E-state index contributed by atoms with van der Waals surface area (Å²) in [7, 11) is 0. The standard InChI is InChI=1S/C11H14O2S/c1-14-10-6-4-9(5-7-10)11(13)3-2-8-12/h4-7,12H,2-3,8H2,1H3. The predicted molar refractivity (Wildman–Crippen MR) is 58.9 cm³/mol. The highest BCUT2D eigenvalue weighted by molar-refractivity contribution is 7.98. The van der Waals surface area contributed by atoms with E-state index in [0.717, 1.165) is 10.5 Å². The van der Waals surface area contributed by atoms with E-state index in [1.165, 1.54) is 0 Å². The first-order valence-corrected chi connectivity index (χ1v) is 5.78. The lowest BCUT2D eigenvalue weighted by Crippen LogP contribution is -1.99. The van der Waals surface area contributed by atoms with Crippen molar-refractivity contribution in [2.75, 3.05) is 12.9 Å². The molecule has 0 saturated heterocycles. The third kappa shape index (κ3) is 3.16. The van der Waals surface area contributed by atoms with Gasteiger partial charge in [0.25, 0.3) is 0 Å². The van der Waals surface area contributed by atoms with E-state index in [9.17, 15) is 4.79 Å². The molecule has 0 saturated carbocycles. The van der Waals surface area contributed by atoms with Crippen LogP contribution in [0, 0.1) is 0 Å². The minimum Gasteiger partial charge on any atom is -0.396 e. The van der Waals surface area contributed by atoms with Crippen LogP contribution >= 0.6 is 11.8 Å². The number of benzene rings is 1. The molecule has 0 spiro atoms. The van der Waals surface area contributed by atoms with Crippen LogP contribution in [0.3, 0.4) is 0 Å². The van der Waals surface area contributed by atoms with E-state index in [2.05, 4.69) is 0 Å². The number of hydrogen-bond donors (Lipinski definition) is 1. The van der Waals surface area contributed by atoms with Crippen LogP contribution in [0.5, 0.6) is 0 Å². The Morgan fingerprint density at radius 1 is 1.36 bits per heavy atom. The molecule has 0 radical (unpaired) electrons. The van der Waals surface area contributed by atoms with Crippen molar-refractivity contribution >= 4 is 17.5 Å². The van der Waals surface area contributed by atoms with Gasteiger partial charge in [0.15, 0.2) is 5.78 Å². The number of rotatable bonds is 5. The molecule has 2 nitrogen and oxygen atoms in total. The van der Waals surface area contributed by atoms with Gasteiger partial charge in [0.2, 0.25) is 0 Å². The fraction of sp³-hybridized carbons (Fsp3) is 0.364. The van der Waals surface area contributed by atoms with E-state index in [-0.39, 0.29) is 12.4 Å². The van der Waals surface area contributed by atoms with Gasteiger partial charge in [0.1, 0.15) is 0 Å². The summed E-state index contributed by atoms with van der Waals surface area (Å²) in [5.41, 5.74) is 0.733. The predicted octanol–water partition coefficient (Wildman–Crippen LogP) is 2.36. The highest BCUT2D eigenvalue weighted by Gasteiger charge is 2.04. The molecular weight excluding hydrogens is 196 g/mol. The second-order valence-electron chi connectivity index (χ2n) is 2.98. The van der Waals surface area contributed by atoms with Crippen LogP contribution in [-0.4, -0.2) is 23.8 Å². The molecule has 1 N–H and O–H groups in total. The molecule has 0 fully saturated rings. The molecular formula is C11H14O2S. The van der Waals surface area contributed by atoms with Crippen molar-refractivity contribution < 1.29 is 9.90 Å². The molecule has 1 rings (SSSR count). The summed E-state index contributed by atoms with van der Waals surface area (Å²) in [6.45, 7) is 0.0780. The Morgan fingerprint density at radius 3 is 2.50 bits per heavy atom. The van der Waals surface area contributed by atoms with Gasteiger partial charge >= 0.3 is 0 Å². The van der Waals surface area contributed by atoms with Crippen molar-refractivity contribution in [1.29, 1.82) is 0 Å². The van der Waals surface area contributed by atoms with Crippen LogP contribution in [0.2, 0.25) is 0 Å². The number of aliphatic hydroxyl groups excluding tert-OH is 1. The minimum atomic E-state index is 0.0780. The van der Waals surface area contributed by atoms with Crippen LogP contribution in [0.1, 0.15) is 23.2 Å². The monoisotopic (exact) mass is 210 g/mol. The summed E-state index contributed by atoms with van der Waals surface area (Å²) in [5, 5.41) is 8.59. The van der Waals surface area contributed by atoms with Crippen LogP contribution < -0.4 is 0 Å². The second-order valence-corrected chi connectivity index (χ2v) is 3.86. The Bertz CT molecular complexity index is 293. The Labute approximate surface area is 88.3 Å². The maximum Gasteiger partial charge on any atom is 0.162 e. The number of carbonyl (C=O) groups excluding carboxylic acids is 1. The van der Waals surface area contributed by atoms with Gasteiger partial charge in [-0.25, -0.2) is 0 Å². The van der Waals surface area contributed by atoms with E-state index in [1.54, 1.807) is 11.8 Å². The lowest BCUT2D eigenvalue weighted by Gasteiger charge is -2.00. The van der Waals surface area contributed by atoms with Crippen molar-refractivity contribution in [2.45, 2.75) is 17.7 Å². The third-order valence-corrected chi connectivity index (χ3v) is 2.72. The molecule has 0 unspecified atom stereocenters. The molecule has 0 amide bonds. The SMILES string of the molecule is CSc1ccc(C(=O)CCCO)cc1. The quantitative estimate of drug-likeness (QED) is 0.599. The van der Waals surface area contributed by atoms with E-state index in [1.807, 2.05) is 30.5 Å². The molecule has 0 heterocycles. The van der Waals surface area contributed by atoms with Crippen molar-refractivity contribution in [3.63, 3.8) is 0 Å².